The van der Waals surface area contributed by atoms with Crippen LogP contribution in [0.4, 0.5) is 0 Å². The molecular weight excluding hydrogens is 446 g/mol. The number of nitrogens with zero attached hydrogens (tertiary/aromatic N) is 4. The zero-order valence-corrected chi connectivity index (χ0v) is 21.5. The number of nitrogens with one attached hydrogen (secondary N) is 1. The van der Waals surface area contributed by atoms with Gasteiger partial charge in [-0.1, -0.05) is 24.3 Å². The molecule has 1 aliphatic carbocycles. The average Bonchev–Trinajstić information content (AvgIpc) is 3.43. The molecule has 186 valence electrons. The van der Waals surface area contributed by atoms with Gasteiger partial charge in [0.2, 0.25) is 0 Å². The fourth-order valence-electron chi connectivity index (χ4n) is 6.06. The maximum Gasteiger partial charge on any atom is 0.181 e. The number of hydrogen-bond acceptors (Lipinski definition) is 5. The lowest BCUT2D eigenvalue weighted by Crippen LogP contribution is -2.37. The molecule has 0 bridgehead atoms. The number of rotatable bonds is 4. The lowest BCUT2D eigenvalue weighted by atomic mass is 9.96. The fraction of sp³-hybridized carbons (Fsp3) is 0.433. The summed E-state index contributed by atoms with van der Waals surface area (Å²) in [6, 6.07) is 14.4. The molecule has 0 amide bonds. The number of H-pyrrole nitrogens is 1. The van der Waals surface area contributed by atoms with Gasteiger partial charge in [0.15, 0.2) is 5.65 Å². The third-order valence-electron chi connectivity index (χ3n) is 8.24. The number of hydrogen-bond donors (Lipinski definition) is 2. The number of benzene rings is 1. The van der Waals surface area contributed by atoms with Crippen LogP contribution in [-0.4, -0.2) is 48.8 Å². The van der Waals surface area contributed by atoms with E-state index in [9.17, 15) is 5.11 Å². The number of pyridine rings is 2. The Morgan fingerprint density at radius 2 is 1.78 bits per heavy atom. The summed E-state index contributed by atoms with van der Waals surface area (Å²) in [6.45, 7) is 7.19. The summed E-state index contributed by atoms with van der Waals surface area (Å²) in [7, 11) is 0. The van der Waals surface area contributed by atoms with E-state index in [0.29, 0.717) is 11.7 Å². The highest BCUT2D eigenvalue weighted by atomic mass is 16.3. The van der Waals surface area contributed by atoms with Gasteiger partial charge in [0.1, 0.15) is 0 Å². The van der Waals surface area contributed by atoms with Crippen molar-refractivity contribution in [2.75, 3.05) is 6.54 Å². The lowest BCUT2D eigenvalue weighted by Gasteiger charge is -2.30. The Kier molecular flexibility index (Phi) is 5.89. The first kappa shape index (κ1) is 23.3. The predicted molar refractivity (Wildman–Crippen MR) is 144 cm³/mol. The molecule has 2 N–H and O–H groups in total. The van der Waals surface area contributed by atoms with Crippen LogP contribution in [0, 0.1) is 0 Å². The van der Waals surface area contributed by atoms with E-state index >= 15 is 0 Å². The van der Waals surface area contributed by atoms with E-state index in [-0.39, 0.29) is 0 Å². The number of aromatic nitrogens is 4. The highest BCUT2D eigenvalue weighted by Gasteiger charge is 2.29. The first-order chi connectivity index (χ1) is 17.4. The van der Waals surface area contributed by atoms with Gasteiger partial charge < -0.3 is 5.11 Å². The summed E-state index contributed by atoms with van der Waals surface area (Å²) in [6.07, 6.45) is 11.2. The van der Waals surface area contributed by atoms with E-state index in [0.717, 1.165) is 40.4 Å². The monoisotopic (exact) mass is 481 g/mol. The van der Waals surface area contributed by atoms with Crippen molar-refractivity contribution in [1.29, 1.82) is 0 Å². The number of aryl methyl sites for hydroxylation is 2. The summed E-state index contributed by atoms with van der Waals surface area (Å²) in [5.41, 5.74) is 7.45. The van der Waals surface area contributed by atoms with Crippen molar-refractivity contribution in [3.05, 3.63) is 65.5 Å². The minimum Gasteiger partial charge on any atom is -0.386 e. The molecule has 4 aromatic rings. The lowest BCUT2D eigenvalue weighted by molar-refractivity contribution is 0.0782. The molecule has 0 radical (unpaired) electrons. The van der Waals surface area contributed by atoms with Crippen LogP contribution < -0.4 is 0 Å². The van der Waals surface area contributed by atoms with Gasteiger partial charge in [-0.3, -0.25) is 15.0 Å². The Labute approximate surface area is 212 Å². The minimum atomic E-state index is -0.922. The number of aromatic amines is 1. The molecule has 1 aliphatic heterocycles. The van der Waals surface area contributed by atoms with E-state index in [1.807, 2.05) is 18.3 Å². The summed E-state index contributed by atoms with van der Waals surface area (Å²) >= 11 is 0. The smallest absolute Gasteiger partial charge is 0.181 e. The van der Waals surface area contributed by atoms with Crippen LogP contribution in [0.25, 0.3) is 33.5 Å². The topological polar surface area (TPSA) is 77.9 Å². The summed E-state index contributed by atoms with van der Waals surface area (Å²) < 4.78 is 0. The van der Waals surface area contributed by atoms with E-state index < -0.39 is 5.60 Å². The Bertz CT molecular complexity index is 1380. The molecule has 0 saturated carbocycles. The molecule has 0 spiro atoms. The van der Waals surface area contributed by atoms with Gasteiger partial charge >= 0.3 is 0 Å². The largest absolute Gasteiger partial charge is 0.386 e. The highest BCUT2D eigenvalue weighted by Crippen LogP contribution is 2.33. The number of likely N-dealkylation sites (tertiary alicyclic amines) is 1. The Balaban J connectivity index is 1.28. The van der Waals surface area contributed by atoms with Crippen LogP contribution in [0.5, 0.6) is 0 Å². The van der Waals surface area contributed by atoms with Crippen LogP contribution in [-0.2, 0) is 18.4 Å². The molecule has 1 saturated heterocycles. The van der Waals surface area contributed by atoms with Crippen LogP contribution in [0.15, 0.2) is 48.8 Å². The SMILES string of the molecule is C[C@@H]1CCCN1C1CCc2ccc(-c3cnc4n[nH]c(-c5ccc(C(C)(C)O)cn5)c4c3)cc2CC1. The van der Waals surface area contributed by atoms with Crippen LogP contribution in [0.3, 0.4) is 0 Å². The van der Waals surface area contributed by atoms with Gasteiger partial charge in [-0.2, -0.15) is 5.10 Å². The Morgan fingerprint density at radius 3 is 2.50 bits per heavy atom. The van der Waals surface area contributed by atoms with Gasteiger partial charge in [-0.25, -0.2) is 4.98 Å². The van der Waals surface area contributed by atoms with E-state index in [4.69, 9.17) is 0 Å². The molecule has 1 aromatic carbocycles. The molecule has 2 atom stereocenters. The molecule has 6 rings (SSSR count). The molecule has 6 heteroatoms. The zero-order chi connectivity index (χ0) is 24.9. The fourth-order valence-corrected chi connectivity index (χ4v) is 6.06. The van der Waals surface area contributed by atoms with Crippen molar-refractivity contribution >= 4 is 11.0 Å². The second kappa shape index (κ2) is 9.09. The maximum atomic E-state index is 10.3. The van der Waals surface area contributed by atoms with Gasteiger partial charge in [0.05, 0.1) is 17.0 Å². The predicted octanol–water partition coefficient (Wildman–Crippen LogP) is 5.65. The standard InChI is InChI=1S/C30H35N5O/c1-19-5-4-14-35(19)25-11-8-20-6-7-22(15-21(20)9-12-25)23-16-26-28(33-34-29(26)32-17-23)27-13-10-24(18-31-27)30(2,3)36/h6-7,10,13,15-19,25,36H,4-5,8-9,11-12,14H2,1-3H3,(H,32,33,34)/t19-,25?/m1/s1. The summed E-state index contributed by atoms with van der Waals surface area (Å²) in [5, 5.41) is 18.7. The second-order valence-electron chi connectivity index (χ2n) is 11.1. The summed E-state index contributed by atoms with van der Waals surface area (Å²) in [4.78, 5) is 12.0. The third kappa shape index (κ3) is 4.33. The van der Waals surface area contributed by atoms with Crippen LogP contribution in [0.2, 0.25) is 0 Å². The van der Waals surface area contributed by atoms with Crippen LogP contribution in [0.1, 0.15) is 63.1 Å². The third-order valence-corrected chi connectivity index (χ3v) is 8.24. The van der Waals surface area contributed by atoms with E-state index in [1.54, 1.807) is 20.0 Å². The number of aliphatic hydroxyl groups is 1. The molecular formula is C30H35N5O. The highest BCUT2D eigenvalue weighted by molar-refractivity contribution is 5.92. The van der Waals surface area contributed by atoms with Gasteiger partial charge in [0, 0.05) is 41.0 Å². The zero-order valence-electron chi connectivity index (χ0n) is 21.5. The van der Waals surface area contributed by atoms with Gasteiger partial charge in [-0.05, 0) is 94.7 Å². The van der Waals surface area contributed by atoms with Crippen molar-refractivity contribution in [2.45, 2.75) is 77.0 Å². The second-order valence-corrected chi connectivity index (χ2v) is 11.1. The molecule has 1 unspecified atom stereocenters. The van der Waals surface area contributed by atoms with Crippen molar-refractivity contribution in [3.63, 3.8) is 0 Å². The van der Waals surface area contributed by atoms with Crippen molar-refractivity contribution in [2.24, 2.45) is 0 Å². The normalized spacial score (nSPS) is 21.0. The molecule has 36 heavy (non-hydrogen) atoms. The van der Waals surface area contributed by atoms with E-state index in [1.165, 1.54) is 55.3 Å². The van der Waals surface area contributed by atoms with Crippen molar-refractivity contribution in [3.8, 4) is 22.5 Å². The molecule has 6 nitrogen and oxygen atoms in total. The quantitative estimate of drug-likeness (QED) is 0.369. The van der Waals surface area contributed by atoms with Crippen LogP contribution >= 0.6 is 0 Å². The molecule has 3 aromatic heterocycles. The molecule has 1 fully saturated rings. The van der Waals surface area contributed by atoms with Crippen molar-refractivity contribution < 1.29 is 5.11 Å². The summed E-state index contributed by atoms with van der Waals surface area (Å²) in [5.74, 6) is 0. The minimum absolute atomic E-state index is 0.680. The average molecular weight is 482 g/mol. The Morgan fingerprint density at radius 1 is 0.944 bits per heavy atom. The van der Waals surface area contributed by atoms with Crippen molar-refractivity contribution in [1.82, 2.24) is 25.1 Å². The number of fused-ring (bicyclic) bond motifs is 2. The first-order valence-electron chi connectivity index (χ1n) is 13.3. The van der Waals surface area contributed by atoms with Gasteiger partial charge in [0.25, 0.3) is 0 Å². The Hall–Kier alpha value is -3.09. The molecule has 2 aliphatic rings. The van der Waals surface area contributed by atoms with E-state index in [2.05, 4.69) is 56.3 Å². The molecule has 4 heterocycles. The van der Waals surface area contributed by atoms with Gasteiger partial charge in [-0.15, -0.1) is 0 Å². The first-order valence-corrected chi connectivity index (χ1v) is 13.3. The maximum absolute atomic E-state index is 10.3.